The van der Waals surface area contributed by atoms with Crippen molar-refractivity contribution in [2.45, 2.75) is 25.3 Å². The molecule has 0 spiro atoms. The predicted molar refractivity (Wildman–Crippen MR) is 61.2 cm³/mol. The van der Waals surface area contributed by atoms with Crippen LogP contribution in [0, 0.1) is 17.2 Å². The standard InChI is InChI=1S/C12H15N3O2/c13-6-10-5-9(7-14-10)12(17)15-11(3-4-16)8-1-2-8/h5,7-8,11,14,16H,1-4H2,(H,15,17). The van der Waals surface area contributed by atoms with Gasteiger partial charge in [-0.3, -0.25) is 4.79 Å². The molecule has 0 saturated heterocycles. The lowest BCUT2D eigenvalue weighted by atomic mass is 10.1. The van der Waals surface area contributed by atoms with Crippen LogP contribution in [-0.2, 0) is 0 Å². The second-order valence-electron chi connectivity index (χ2n) is 4.34. The SMILES string of the molecule is N#Cc1cc(C(=O)NC(CCO)C2CC2)c[nH]1. The zero-order valence-electron chi connectivity index (χ0n) is 9.44. The molecule has 0 aromatic carbocycles. The number of aliphatic hydroxyl groups is 1. The van der Waals surface area contributed by atoms with Crippen LogP contribution in [0.2, 0.25) is 0 Å². The van der Waals surface area contributed by atoms with E-state index in [0.29, 0.717) is 23.6 Å². The first-order valence-corrected chi connectivity index (χ1v) is 5.75. The quantitative estimate of drug-likeness (QED) is 0.702. The van der Waals surface area contributed by atoms with Crippen LogP contribution in [0.15, 0.2) is 12.3 Å². The number of carbonyl (C=O) groups is 1. The largest absolute Gasteiger partial charge is 0.396 e. The molecule has 1 atom stereocenters. The van der Waals surface area contributed by atoms with Gasteiger partial charge in [-0.15, -0.1) is 0 Å². The second kappa shape index (κ2) is 5.02. The van der Waals surface area contributed by atoms with E-state index in [4.69, 9.17) is 10.4 Å². The summed E-state index contributed by atoms with van der Waals surface area (Å²) in [4.78, 5) is 14.6. The summed E-state index contributed by atoms with van der Waals surface area (Å²) in [5.41, 5.74) is 0.838. The van der Waals surface area contributed by atoms with E-state index >= 15 is 0 Å². The van der Waals surface area contributed by atoms with Gasteiger partial charge in [-0.2, -0.15) is 5.26 Å². The van der Waals surface area contributed by atoms with Crippen molar-refractivity contribution >= 4 is 5.91 Å². The third kappa shape index (κ3) is 2.86. The average molecular weight is 233 g/mol. The van der Waals surface area contributed by atoms with Crippen LogP contribution < -0.4 is 5.32 Å². The molecule has 90 valence electrons. The van der Waals surface area contributed by atoms with Gasteiger partial charge in [0, 0.05) is 18.8 Å². The van der Waals surface area contributed by atoms with Crippen LogP contribution in [0.25, 0.3) is 0 Å². The minimum Gasteiger partial charge on any atom is -0.396 e. The van der Waals surface area contributed by atoms with Crippen LogP contribution in [0.4, 0.5) is 0 Å². The summed E-state index contributed by atoms with van der Waals surface area (Å²) in [5.74, 6) is 0.313. The molecule has 1 amide bonds. The van der Waals surface area contributed by atoms with E-state index in [9.17, 15) is 4.79 Å². The number of H-pyrrole nitrogens is 1. The maximum absolute atomic E-state index is 11.9. The molecule has 1 fully saturated rings. The molecular formula is C12H15N3O2. The number of hydrogen-bond donors (Lipinski definition) is 3. The van der Waals surface area contributed by atoms with Crippen molar-refractivity contribution in [3.8, 4) is 6.07 Å². The summed E-state index contributed by atoms with van der Waals surface area (Å²) in [6.45, 7) is 0.0814. The van der Waals surface area contributed by atoms with Crippen LogP contribution in [0.3, 0.4) is 0 Å². The number of carbonyl (C=O) groups excluding carboxylic acids is 1. The third-order valence-electron chi connectivity index (χ3n) is 3.01. The molecule has 1 heterocycles. The maximum atomic E-state index is 11.9. The summed E-state index contributed by atoms with van der Waals surface area (Å²) < 4.78 is 0. The van der Waals surface area contributed by atoms with Crippen LogP contribution >= 0.6 is 0 Å². The van der Waals surface area contributed by atoms with E-state index < -0.39 is 0 Å². The number of nitriles is 1. The van der Waals surface area contributed by atoms with Gasteiger partial charge in [-0.05, 0) is 31.2 Å². The monoisotopic (exact) mass is 233 g/mol. The Morgan fingerprint density at radius 2 is 2.47 bits per heavy atom. The Hall–Kier alpha value is -1.80. The van der Waals surface area contributed by atoms with E-state index in [2.05, 4.69) is 10.3 Å². The number of aromatic amines is 1. The Kier molecular flexibility index (Phi) is 3.45. The van der Waals surface area contributed by atoms with E-state index in [1.165, 1.54) is 12.3 Å². The molecule has 5 heteroatoms. The van der Waals surface area contributed by atoms with Crippen molar-refractivity contribution in [1.29, 1.82) is 5.26 Å². The van der Waals surface area contributed by atoms with Gasteiger partial charge in [0.2, 0.25) is 0 Å². The molecule has 3 N–H and O–H groups in total. The zero-order chi connectivity index (χ0) is 12.3. The average Bonchev–Trinajstić information content (AvgIpc) is 3.06. The van der Waals surface area contributed by atoms with Crippen molar-refractivity contribution in [3.05, 3.63) is 23.5 Å². The molecule has 1 aromatic heterocycles. The fourth-order valence-electron chi connectivity index (χ4n) is 1.91. The zero-order valence-corrected chi connectivity index (χ0v) is 9.44. The first-order valence-electron chi connectivity index (χ1n) is 5.75. The molecule has 0 radical (unpaired) electrons. The third-order valence-corrected chi connectivity index (χ3v) is 3.01. The Bertz CT molecular complexity index is 443. The van der Waals surface area contributed by atoms with Crippen LogP contribution in [-0.4, -0.2) is 28.6 Å². The molecule has 5 nitrogen and oxygen atoms in total. The fraction of sp³-hybridized carbons (Fsp3) is 0.500. The number of hydrogen-bond acceptors (Lipinski definition) is 3. The number of nitrogens with zero attached hydrogens (tertiary/aromatic N) is 1. The van der Waals surface area contributed by atoms with E-state index in [1.807, 2.05) is 6.07 Å². The Balaban J connectivity index is 1.97. The van der Waals surface area contributed by atoms with Crippen LogP contribution in [0.1, 0.15) is 35.3 Å². The van der Waals surface area contributed by atoms with Gasteiger partial charge in [-0.25, -0.2) is 0 Å². The van der Waals surface area contributed by atoms with E-state index in [-0.39, 0.29) is 18.6 Å². The predicted octanol–water partition coefficient (Wildman–Crippen LogP) is 0.777. The van der Waals surface area contributed by atoms with Crippen LogP contribution in [0.5, 0.6) is 0 Å². The van der Waals surface area contributed by atoms with E-state index in [0.717, 1.165) is 12.8 Å². The normalized spacial score (nSPS) is 16.2. The molecular weight excluding hydrogens is 218 g/mol. The van der Waals surface area contributed by atoms with Crippen molar-refractivity contribution < 1.29 is 9.90 Å². The molecule has 1 aromatic rings. The first-order chi connectivity index (χ1) is 8.24. The summed E-state index contributed by atoms with van der Waals surface area (Å²) >= 11 is 0. The molecule has 2 rings (SSSR count). The maximum Gasteiger partial charge on any atom is 0.253 e. The number of rotatable bonds is 5. The highest BCUT2D eigenvalue weighted by Gasteiger charge is 2.32. The molecule has 0 aliphatic heterocycles. The van der Waals surface area contributed by atoms with Crippen molar-refractivity contribution in [2.24, 2.45) is 5.92 Å². The van der Waals surface area contributed by atoms with E-state index in [1.54, 1.807) is 0 Å². The van der Waals surface area contributed by atoms with Gasteiger partial charge in [0.1, 0.15) is 11.8 Å². The highest BCUT2D eigenvalue weighted by molar-refractivity contribution is 5.94. The molecule has 17 heavy (non-hydrogen) atoms. The van der Waals surface area contributed by atoms with Gasteiger partial charge in [0.05, 0.1) is 5.56 Å². The number of aliphatic hydroxyl groups excluding tert-OH is 1. The Morgan fingerprint density at radius 3 is 3.00 bits per heavy atom. The molecule has 0 bridgehead atoms. The lowest BCUT2D eigenvalue weighted by Crippen LogP contribution is -2.36. The second-order valence-corrected chi connectivity index (χ2v) is 4.34. The summed E-state index contributed by atoms with van der Waals surface area (Å²) in [7, 11) is 0. The molecule has 1 saturated carbocycles. The van der Waals surface area contributed by atoms with Gasteiger partial charge in [0.15, 0.2) is 0 Å². The first kappa shape index (κ1) is 11.7. The topological polar surface area (TPSA) is 88.9 Å². The van der Waals surface area contributed by atoms with Crippen molar-refractivity contribution in [1.82, 2.24) is 10.3 Å². The van der Waals surface area contributed by atoms with Gasteiger partial charge >= 0.3 is 0 Å². The van der Waals surface area contributed by atoms with Gasteiger partial charge in [0.25, 0.3) is 5.91 Å². The number of aromatic nitrogens is 1. The smallest absolute Gasteiger partial charge is 0.253 e. The van der Waals surface area contributed by atoms with Crippen molar-refractivity contribution in [3.63, 3.8) is 0 Å². The summed E-state index contributed by atoms with van der Waals surface area (Å²) in [5, 5.41) is 20.5. The Labute approximate surface area is 99.5 Å². The fourth-order valence-corrected chi connectivity index (χ4v) is 1.91. The lowest BCUT2D eigenvalue weighted by Gasteiger charge is -2.16. The molecule has 1 aliphatic carbocycles. The molecule has 1 unspecified atom stereocenters. The minimum absolute atomic E-state index is 0.0490. The highest BCUT2D eigenvalue weighted by atomic mass is 16.3. The molecule has 1 aliphatic rings. The van der Waals surface area contributed by atoms with Crippen molar-refractivity contribution in [2.75, 3.05) is 6.61 Å². The summed E-state index contributed by atoms with van der Waals surface area (Å²) in [6, 6.07) is 3.52. The highest BCUT2D eigenvalue weighted by Crippen LogP contribution is 2.34. The number of amides is 1. The lowest BCUT2D eigenvalue weighted by molar-refractivity contribution is 0.0924. The van der Waals surface area contributed by atoms with Gasteiger partial charge < -0.3 is 15.4 Å². The Morgan fingerprint density at radius 1 is 1.71 bits per heavy atom. The number of nitrogens with one attached hydrogen (secondary N) is 2. The summed E-state index contributed by atoms with van der Waals surface area (Å²) in [6.07, 6.45) is 4.34. The van der Waals surface area contributed by atoms with Gasteiger partial charge in [-0.1, -0.05) is 0 Å². The minimum atomic E-state index is -0.187.